The number of rotatable bonds is 8. The van der Waals surface area contributed by atoms with Crippen LogP contribution in [0, 0.1) is 0 Å². The monoisotopic (exact) mass is 514 g/mol. The molecule has 2 aliphatic carbocycles. The molecular formula is C27H38N4O4S. The summed E-state index contributed by atoms with van der Waals surface area (Å²) in [6.45, 7) is 6.08. The molecule has 1 saturated heterocycles. The van der Waals surface area contributed by atoms with Gasteiger partial charge in [-0.05, 0) is 62.5 Å². The molecule has 3 aliphatic rings. The van der Waals surface area contributed by atoms with Crippen LogP contribution in [0.3, 0.4) is 0 Å². The van der Waals surface area contributed by atoms with E-state index >= 15 is 0 Å². The normalized spacial score (nSPS) is 26.5. The molecule has 0 bridgehead atoms. The first-order valence-electron chi connectivity index (χ1n) is 13.4. The van der Waals surface area contributed by atoms with Gasteiger partial charge in [0.2, 0.25) is 11.8 Å². The molecule has 9 heteroatoms. The van der Waals surface area contributed by atoms with Crippen LogP contribution in [0.15, 0.2) is 12.3 Å². The largest absolute Gasteiger partial charge is 0.490 e. The van der Waals surface area contributed by atoms with Crippen LogP contribution in [0.5, 0.6) is 5.75 Å². The van der Waals surface area contributed by atoms with Crippen molar-refractivity contribution >= 4 is 33.4 Å². The Labute approximate surface area is 217 Å². The number of amides is 2. The molecule has 1 atom stereocenters. The number of likely N-dealkylation sites (N-methyl/N-ethyl adjacent to an activating group) is 1. The summed E-state index contributed by atoms with van der Waals surface area (Å²) in [5.41, 5.74) is 1.51. The van der Waals surface area contributed by atoms with Crippen LogP contribution < -0.4 is 15.4 Å². The standard InChI is InChI=1S/C27H38N4O4S/c1-3-27(31-12-14-34-15-13-31)9-6-19(7-10-27)35-20-8-11-29-26-25(20)24-18(4-5-21(24)36-26)16-22(32)30-17-23(33)28-2/h8,11,18-19H,3-7,9-10,12-17H2,1-2H3,(H,28,33)(H,30,32)/t18-,19-,27-/m1/s1. The maximum atomic E-state index is 12.6. The predicted octanol–water partition coefficient (Wildman–Crippen LogP) is 3.38. The lowest BCUT2D eigenvalue weighted by Crippen LogP contribution is -2.55. The number of fused-ring (bicyclic) bond motifs is 3. The molecule has 0 aromatic carbocycles. The lowest BCUT2D eigenvalue weighted by molar-refractivity contribution is -0.126. The molecule has 5 rings (SSSR count). The molecule has 1 saturated carbocycles. The molecule has 2 N–H and O–H groups in total. The van der Waals surface area contributed by atoms with E-state index in [4.69, 9.17) is 9.47 Å². The summed E-state index contributed by atoms with van der Waals surface area (Å²) in [4.78, 5) is 33.7. The van der Waals surface area contributed by atoms with Gasteiger partial charge in [0.25, 0.3) is 0 Å². The fourth-order valence-corrected chi connectivity index (χ4v) is 7.61. The lowest BCUT2D eigenvalue weighted by atomic mass is 9.77. The molecule has 8 nitrogen and oxygen atoms in total. The first kappa shape index (κ1) is 25.4. The Balaban J connectivity index is 1.29. The van der Waals surface area contributed by atoms with E-state index in [2.05, 4.69) is 27.4 Å². The summed E-state index contributed by atoms with van der Waals surface area (Å²) in [7, 11) is 1.57. The van der Waals surface area contributed by atoms with E-state index in [1.165, 1.54) is 16.9 Å². The van der Waals surface area contributed by atoms with Gasteiger partial charge in [-0.2, -0.15) is 0 Å². The van der Waals surface area contributed by atoms with E-state index in [1.807, 2.05) is 12.3 Å². The second-order valence-electron chi connectivity index (χ2n) is 10.3. The number of nitrogens with zero attached hydrogens (tertiary/aromatic N) is 2. The molecule has 36 heavy (non-hydrogen) atoms. The first-order valence-corrected chi connectivity index (χ1v) is 14.2. The summed E-state index contributed by atoms with van der Waals surface area (Å²) >= 11 is 1.73. The van der Waals surface area contributed by atoms with E-state index in [0.29, 0.717) is 6.42 Å². The lowest BCUT2D eigenvalue weighted by Gasteiger charge is -2.49. The molecular weight excluding hydrogens is 476 g/mol. The second kappa shape index (κ2) is 11.0. The number of ether oxygens (including phenoxy) is 2. The van der Waals surface area contributed by atoms with Crippen molar-refractivity contribution in [1.29, 1.82) is 0 Å². The molecule has 2 amide bonds. The smallest absolute Gasteiger partial charge is 0.239 e. The number of carbonyl (C=O) groups excluding carboxylic acids is 2. The minimum atomic E-state index is -0.190. The second-order valence-corrected chi connectivity index (χ2v) is 11.4. The Morgan fingerprint density at radius 2 is 2.00 bits per heavy atom. The maximum Gasteiger partial charge on any atom is 0.239 e. The summed E-state index contributed by atoms with van der Waals surface area (Å²) in [6.07, 6.45) is 9.90. The van der Waals surface area contributed by atoms with E-state index in [-0.39, 0.29) is 35.9 Å². The number of hydrogen-bond donors (Lipinski definition) is 2. The minimum Gasteiger partial charge on any atom is -0.490 e. The molecule has 0 unspecified atom stereocenters. The van der Waals surface area contributed by atoms with Gasteiger partial charge in [0.15, 0.2) is 0 Å². The van der Waals surface area contributed by atoms with Crippen LogP contribution in [0.4, 0.5) is 0 Å². The number of hydrogen-bond acceptors (Lipinski definition) is 7. The average Bonchev–Trinajstić information content (AvgIpc) is 3.48. The molecule has 2 fully saturated rings. The summed E-state index contributed by atoms with van der Waals surface area (Å²) in [6, 6.07) is 2.00. The van der Waals surface area contributed by atoms with Crippen molar-refractivity contribution < 1.29 is 19.1 Å². The fourth-order valence-electron chi connectivity index (χ4n) is 6.35. The quantitative estimate of drug-likeness (QED) is 0.561. The highest BCUT2D eigenvalue weighted by atomic mass is 32.1. The van der Waals surface area contributed by atoms with E-state index in [9.17, 15) is 9.59 Å². The highest BCUT2D eigenvalue weighted by molar-refractivity contribution is 7.19. The molecule has 0 radical (unpaired) electrons. The molecule has 2 aromatic rings. The van der Waals surface area contributed by atoms with Gasteiger partial charge < -0.3 is 20.1 Å². The average molecular weight is 515 g/mol. The Bertz CT molecular complexity index is 1090. The van der Waals surface area contributed by atoms with Gasteiger partial charge in [-0.1, -0.05) is 6.92 Å². The topological polar surface area (TPSA) is 92.8 Å². The first-order chi connectivity index (χ1) is 17.5. The third-order valence-corrected chi connectivity index (χ3v) is 9.62. The van der Waals surface area contributed by atoms with Gasteiger partial charge in [-0.3, -0.25) is 14.5 Å². The Morgan fingerprint density at radius 3 is 2.72 bits per heavy atom. The number of morpholine rings is 1. The zero-order valence-corrected chi connectivity index (χ0v) is 22.3. The van der Waals surface area contributed by atoms with Crippen LogP contribution in [0.1, 0.15) is 68.2 Å². The summed E-state index contributed by atoms with van der Waals surface area (Å²) in [5.74, 6) is 0.763. The van der Waals surface area contributed by atoms with Crippen molar-refractivity contribution in [1.82, 2.24) is 20.5 Å². The zero-order chi connectivity index (χ0) is 25.1. The molecule has 1 aliphatic heterocycles. The maximum absolute atomic E-state index is 12.6. The summed E-state index contributed by atoms with van der Waals surface area (Å²) < 4.78 is 12.3. The van der Waals surface area contributed by atoms with Crippen molar-refractivity contribution in [2.24, 2.45) is 0 Å². The highest BCUT2D eigenvalue weighted by Crippen LogP contribution is 2.48. The molecule has 2 aromatic heterocycles. The Kier molecular flexibility index (Phi) is 7.79. The fraction of sp³-hybridized carbons (Fsp3) is 0.667. The molecule has 0 spiro atoms. The van der Waals surface area contributed by atoms with E-state index in [1.54, 1.807) is 18.4 Å². The van der Waals surface area contributed by atoms with Gasteiger partial charge in [-0.25, -0.2) is 4.98 Å². The van der Waals surface area contributed by atoms with Gasteiger partial charge in [0, 0.05) is 43.2 Å². The van der Waals surface area contributed by atoms with Crippen molar-refractivity contribution in [3.8, 4) is 5.75 Å². The Hall–Kier alpha value is -2.23. The summed E-state index contributed by atoms with van der Waals surface area (Å²) in [5, 5.41) is 6.38. The van der Waals surface area contributed by atoms with Crippen molar-refractivity contribution in [2.75, 3.05) is 39.9 Å². The van der Waals surface area contributed by atoms with Crippen molar-refractivity contribution in [3.05, 3.63) is 22.7 Å². The highest BCUT2D eigenvalue weighted by Gasteiger charge is 2.40. The van der Waals surface area contributed by atoms with Gasteiger partial charge in [0.05, 0.1) is 31.2 Å². The SMILES string of the molecule is CC[C@]1(N2CCOCC2)CC[C@H](Oc2ccnc3sc4c(c23)[C@@H](CC(=O)NCC(=O)NC)CC4)CC1. The third kappa shape index (κ3) is 5.10. The van der Waals surface area contributed by atoms with Crippen LogP contribution in [0.25, 0.3) is 10.2 Å². The number of pyridine rings is 1. The minimum absolute atomic E-state index is 0.0145. The van der Waals surface area contributed by atoms with Crippen LogP contribution in [-0.4, -0.2) is 73.2 Å². The molecule has 3 heterocycles. The van der Waals surface area contributed by atoms with E-state index in [0.717, 1.165) is 80.8 Å². The van der Waals surface area contributed by atoms with Crippen LogP contribution in [-0.2, 0) is 20.7 Å². The van der Waals surface area contributed by atoms with Crippen LogP contribution in [0.2, 0.25) is 0 Å². The Morgan fingerprint density at radius 1 is 1.22 bits per heavy atom. The number of carbonyl (C=O) groups is 2. The number of aryl methyl sites for hydroxylation is 1. The molecule has 196 valence electrons. The van der Waals surface area contributed by atoms with Gasteiger partial charge in [-0.15, -0.1) is 11.3 Å². The third-order valence-electron chi connectivity index (χ3n) is 8.45. The number of aromatic nitrogens is 1. The van der Waals surface area contributed by atoms with Crippen molar-refractivity contribution in [2.45, 2.75) is 75.9 Å². The van der Waals surface area contributed by atoms with Crippen molar-refractivity contribution in [3.63, 3.8) is 0 Å². The number of nitrogens with one attached hydrogen (secondary N) is 2. The predicted molar refractivity (Wildman–Crippen MR) is 141 cm³/mol. The zero-order valence-electron chi connectivity index (χ0n) is 21.4. The van der Waals surface area contributed by atoms with Gasteiger partial charge >= 0.3 is 0 Å². The van der Waals surface area contributed by atoms with Crippen LogP contribution >= 0.6 is 11.3 Å². The number of thiophene rings is 1. The van der Waals surface area contributed by atoms with E-state index < -0.39 is 0 Å². The van der Waals surface area contributed by atoms with Gasteiger partial charge in [0.1, 0.15) is 10.6 Å².